The average Bonchev–Trinajstić information content (AvgIpc) is 2.36. The summed E-state index contributed by atoms with van der Waals surface area (Å²) < 4.78 is 41.8. The van der Waals surface area contributed by atoms with Crippen LogP contribution in [0.5, 0.6) is 0 Å². The zero-order valence-corrected chi connectivity index (χ0v) is 11.0. The molecule has 0 saturated heterocycles. The van der Waals surface area contributed by atoms with Crippen molar-refractivity contribution in [2.24, 2.45) is 5.92 Å². The largest absolute Gasteiger partial charge is 0.469 e. The highest BCUT2D eigenvalue weighted by atomic mass is 19.4. The molecule has 1 atom stereocenters. The maximum atomic E-state index is 12.4. The van der Waals surface area contributed by atoms with E-state index in [1.165, 1.54) is 19.2 Å². The molecule has 0 amide bonds. The normalized spacial score (nSPS) is 12.9. The molecule has 0 radical (unpaired) electrons. The molecule has 106 valence electrons. The third-order valence-electron chi connectivity index (χ3n) is 2.79. The highest BCUT2D eigenvalue weighted by Crippen LogP contribution is 2.30. The molecule has 19 heavy (non-hydrogen) atoms. The van der Waals surface area contributed by atoms with Gasteiger partial charge in [-0.1, -0.05) is 6.92 Å². The smallest absolute Gasteiger partial charge is 0.416 e. The van der Waals surface area contributed by atoms with Crippen LogP contribution in [0.25, 0.3) is 0 Å². The van der Waals surface area contributed by atoms with Gasteiger partial charge in [0, 0.05) is 19.3 Å². The van der Waals surface area contributed by atoms with Crippen molar-refractivity contribution in [3.63, 3.8) is 0 Å². The van der Waals surface area contributed by atoms with Crippen molar-refractivity contribution in [1.29, 1.82) is 0 Å². The highest BCUT2D eigenvalue weighted by Gasteiger charge is 2.30. The van der Waals surface area contributed by atoms with E-state index in [1.54, 1.807) is 18.9 Å². The average molecular weight is 275 g/mol. The molecule has 0 aromatic heterocycles. The van der Waals surface area contributed by atoms with Crippen LogP contribution in [0.3, 0.4) is 0 Å². The molecule has 3 nitrogen and oxygen atoms in total. The number of hydrogen-bond donors (Lipinski definition) is 0. The first kappa shape index (κ1) is 15.3. The molecule has 1 rings (SSSR count). The molecule has 1 unspecified atom stereocenters. The van der Waals surface area contributed by atoms with Crippen LogP contribution >= 0.6 is 0 Å². The molecule has 0 heterocycles. The van der Waals surface area contributed by atoms with Crippen LogP contribution in [-0.2, 0) is 15.7 Å². The van der Waals surface area contributed by atoms with Crippen molar-refractivity contribution in [3.05, 3.63) is 29.8 Å². The number of alkyl halides is 3. The van der Waals surface area contributed by atoms with Gasteiger partial charge in [0.05, 0.1) is 18.6 Å². The summed E-state index contributed by atoms with van der Waals surface area (Å²) in [6.07, 6.45) is -4.34. The fourth-order valence-electron chi connectivity index (χ4n) is 1.70. The van der Waals surface area contributed by atoms with E-state index in [-0.39, 0.29) is 11.9 Å². The Hall–Kier alpha value is -1.72. The Bertz CT molecular complexity index is 429. The molecule has 0 saturated carbocycles. The Morgan fingerprint density at radius 1 is 1.32 bits per heavy atom. The van der Waals surface area contributed by atoms with E-state index in [0.717, 1.165) is 12.1 Å². The second-order valence-electron chi connectivity index (χ2n) is 4.35. The lowest BCUT2D eigenvalue weighted by atomic mass is 10.1. The molecular weight excluding hydrogens is 259 g/mol. The number of benzene rings is 1. The molecule has 1 aromatic rings. The predicted molar refractivity (Wildman–Crippen MR) is 65.9 cm³/mol. The number of carbonyl (C=O) groups is 1. The van der Waals surface area contributed by atoms with Crippen LogP contribution in [0, 0.1) is 5.92 Å². The van der Waals surface area contributed by atoms with Crippen LogP contribution in [0.2, 0.25) is 0 Å². The molecule has 0 N–H and O–H groups in total. The fourth-order valence-corrected chi connectivity index (χ4v) is 1.70. The molecule has 6 heteroatoms. The van der Waals surface area contributed by atoms with E-state index in [0.29, 0.717) is 12.2 Å². The van der Waals surface area contributed by atoms with Gasteiger partial charge in [0.1, 0.15) is 0 Å². The van der Waals surface area contributed by atoms with Crippen molar-refractivity contribution >= 4 is 11.7 Å². The van der Waals surface area contributed by atoms with Gasteiger partial charge >= 0.3 is 12.1 Å². The Balaban J connectivity index is 2.73. The third-order valence-corrected chi connectivity index (χ3v) is 2.79. The predicted octanol–water partition coefficient (Wildman–Crippen LogP) is 2.95. The van der Waals surface area contributed by atoms with Gasteiger partial charge in [-0.3, -0.25) is 4.79 Å². The summed E-state index contributed by atoms with van der Waals surface area (Å²) in [5.41, 5.74) is -0.0746. The topological polar surface area (TPSA) is 29.5 Å². The summed E-state index contributed by atoms with van der Waals surface area (Å²) >= 11 is 0. The second kappa shape index (κ2) is 5.95. The maximum Gasteiger partial charge on any atom is 0.416 e. The first-order valence-corrected chi connectivity index (χ1v) is 5.72. The number of ether oxygens (including phenoxy) is 1. The summed E-state index contributed by atoms with van der Waals surface area (Å²) in [4.78, 5) is 13.0. The Morgan fingerprint density at radius 3 is 2.26 bits per heavy atom. The summed E-state index contributed by atoms with van der Waals surface area (Å²) in [6, 6.07) is 4.81. The number of halogens is 3. The molecule has 0 fully saturated rings. The minimum Gasteiger partial charge on any atom is -0.469 e. The van der Waals surface area contributed by atoms with E-state index >= 15 is 0 Å². The van der Waals surface area contributed by atoms with Crippen LogP contribution in [0.1, 0.15) is 12.5 Å². The van der Waals surface area contributed by atoms with Crippen LogP contribution < -0.4 is 4.90 Å². The van der Waals surface area contributed by atoms with Gasteiger partial charge in [-0.25, -0.2) is 0 Å². The Morgan fingerprint density at radius 2 is 1.84 bits per heavy atom. The number of esters is 1. The lowest BCUT2D eigenvalue weighted by molar-refractivity contribution is -0.144. The van der Waals surface area contributed by atoms with Crippen molar-refractivity contribution < 1.29 is 22.7 Å². The van der Waals surface area contributed by atoms with Gasteiger partial charge in [0.2, 0.25) is 0 Å². The molecule has 1 aromatic carbocycles. The molecule has 0 aliphatic carbocycles. The number of hydrogen-bond acceptors (Lipinski definition) is 3. The molecule has 0 spiro atoms. The number of anilines is 1. The first-order chi connectivity index (χ1) is 8.75. The Labute approximate surface area is 110 Å². The lowest BCUT2D eigenvalue weighted by Gasteiger charge is -2.22. The van der Waals surface area contributed by atoms with E-state index in [2.05, 4.69) is 4.74 Å². The minimum absolute atomic E-state index is 0.348. The van der Waals surface area contributed by atoms with Gasteiger partial charge < -0.3 is 9.64 Å². The molecule has 0 bridgehead atoms. The molecular formula is C13H16F3NO2. The Kier molecular flexibility index (Phi) is 4.80. The second-order valence-corrected chi connectivity index (χ2v) is 4.35. The van der Waals surface area contributed by atoms with Crippen molar-refractivity contribution in [2.45, 2.75) is 13.1 Å². The van der Waals surface area contributed by atoms with Gasteiger partial charge in [0.25, 0.3) is 0 Å². The highest BCUT2D eigenvalue weighted by molar-refractivity contribution is 5.72. The van der Waals surface area contributed by atoms with Crippen LogP contribution in [0.15, 0.2) is 24.3 Å². The van der Waals surface area contributed by atoms with E-state index in [4.69, 9.17) is 0 Å². The molecule has 0 aliphatic heterocycles. The van der Waals surface area contributed by atoms with E-state index in [1.807, 2.05) is 0 Å². The van der Waals surface area contributed by atoms with Gasteiger partial charge in [0.15, 0.2) is 0 Å². The summed E-state index contributed by atoms with van der Waals surface area (Å²) in [7, 11) is 3.01. The minimum atomic E-state index is -4.34. The van der Waals surface area contributed by atoms with E-state index in [9.17, 15) is 18.0 Å². The summed E-state index contributed by atoms with van der Waals surface area (Å²) in [5, 5.41) is 0. The number of methoxy groups -OCH3 is 1. The van der Waals surface area contributed by atoms with Crippen molar-refractivity contribution in [2.75, 3.05) is 25.6 Å². The zero-order chi connectivity index (χ0) is 14.6. The standard InChI is InChI=1S/C13H16F3NO2/c1-9(12(18)19-3)8-17(2)11-6-4-10(5-7-11)13(14,15)16/h4-7,9H,8H2,1-3H3. The van der Waals surface area contributed by atoms with Gasteiger partial charge in [-0.15, -0.1) is 0 Å². The van der Waals surface area contributed by atoms with Crippen LogP contribution in [-0.4, -0.2) is 26.7 Å². The SMILES string of the molecule is COC(=O)C(C)CN(C)c1ccc(C(F)(F)F)cc1. The maximum absolute atomic E-state index is 12.4. The summed E-state index contributed by atoms with van der Waals surface area (Å²) in [6.45, 7) is 2.07. The fraction of sp³-hybridized carbons (Fsp3) is 0.462. The first-order valence-electron chi connectivity index (χ1n) is 5.72. The number of rotatable bonds is 4. The molecule has 0 aliphatic rings. The monoisotopic (exact) mass is 275 g/mol. The zero-order valence-electron chi connectivity index (χ0n) is 11.0. The van der Waals surface area contributed by atoms with E-state index < -0.39 is 11.7 Å². The van der Waals surface area contributed by atoms with Crippen molar-refractivity contribution in [1.82, 2.24) is 0 Å². The van der Waals surface area contributed by atoms with Gasteiger partial charge in [-0.05, 0) is 24.3 Å². The quantitative estimate of drug-likeness (QED) is 0.791. The van der Waals surface area contributed by atoms with Gasteiger partial charge in [-0.2, -0.15) is 13.2 Å². The van der Waals surface area contributed by atoms with Crippen molar-refractivity contribution in [3.8, 4) is 0 Å². The third kappa shape index (κ3) is 4.15. The number of nitrogens with zero attached hydrogens (tertiary/aromatic N) is 1. The van der Waals surface area contributed by atoms with Crippen LogP contribution in [0.4, 0.5) is 18.9 Å². The summed E-state index contributed by atoms with van der Waals surface area (Å²) in [5.74, 6) is -0.698. The lowest BCUT2D eigenvalue weighted by Crippen LogP contribution is -2.29. The number of carbonyl (C=O) groups excluding carboxylic acids is 1.